The molecule has 1 aliphatic heterocycles. The van der Waals surface area contributed by atoms with Crippen molar-refractivity contribution in [2.45, 2.75) is 64.5 Å². The Morgan fingerprint density at radius 2 is 1.74 bits per heavy atom. The Morgan fingerprint density at radius 3 is 2.44 bits per heavy atom. The molecule has 1 N–H and O–H groups in total. The second-order valence-electron chi connectivity index (χ2n) is 8.17. The van der Waals surface area contributed by atoms with Crippen LogP contribution in [0.5, 0.6) is 0 Å². The van der Waals surface area contributed by atoms with E-state index in [2.05, 4.69) is 41.4 Å². The first-order chi connectivity index (χ1) is 13.0. The van der Waals surface area contributed by atoms with Gasteiger partial charge in [0.1, 0.15) is 5.54 Å². The van der Waals surface area contributed by atoms with Gasteiger partial charge >= 0.3 is 0 Å². The van der Waals surface area contributed by atoms with E-state index in [0.29, 0.717) is 0 Å². The molecule has 2 amide bonds. The molecule has 2 fully saturated rings. The number of benzene rings is 1. The quantitative estimate of drug-likeness (QED) is 0.885. The molecule has 1 aromatic carbocycles. The second kappa shape index (κ2) is 8.87. The van der Waals surface area contributed by atoms with Crippen LogP contribution in [0.4, 0.5) is 0 Å². The Balaban J connectivity index is 1.65. The van der Waals surface area contributed by atoms with Gasteiger partial charge in [0.15, 0.2) is 0 Å². The first kappa shape index (κ1) is 19.9. The molecule has 5 nitrogen and oxygen atoms in total. The van der Waals surface area contributed by atoms with E-state index in [9.17, 15) is 9.59 Å². The van der Waals surface area contributed by atoms with Crippen LogP contribution in [0.2, 0.25) is 0 Å². The van der Waals surface area contributed by atoms with Crippen LogP contribution in [-0.2, 0) is 16.1 Å². The predicted molar refractivity (Wildman–Crippen MR) is 107 cm³/mol. The maximum absolute atomic E-state index is 13.4. The molecule has 27 heavy (non-hydrogen) atoms. The van der Waals surface area contributed by atoms with E-state index in [1.165, 1.54) is 18.1 Å². The van der Waals surface area contributed by atoms with Gasteiger partial charge < -0.3 is 10.2 Å². The van der Waals surface area contributed by atoms with Crippen LogP contribution in [0.15, 0.2) is 24.3 Å². The molecule has 0 unspecified atom stereocenters. The van der Waals surface area contributed by atoms with Gasteiger partial charge in [-0.3, -0.25) is 14.5 Å². The van der Waals surface area contributed by atoms with E-state index in [0.717, 1.165) is 71.2 Å². The van der Waals surface area contributed by atoms with Gasteiger partial charge in [0, 0.05) is 39.6 Å². The number of aryl methyl sites for hydroxylation is 1. The topological polar surface area (TPSA) is 52.7 Å². The van der Waals surface area contributed by atoms with Gasteiger partial charge in [-0.15, -0.1) is 0 Å². The molecule has 0 bridgehead atoms. The third-order valence-corrected chi connectivity index (χ3v) is 6.06. The summed E-state index contributed by atoms with van der Waals surface area (Å²) >= 11 is 0. The average Bonchev–Trinajstić information content (AvgIpc) is 2.89. The number of amides is 2. The summed E-state index contributed by atoms with van der Waals surface area (Å²) in [5.41, 5.74) is 2.01. The van der Waals surface area contributed by atoms with Crippen molar-refractivity contribution in [3.8, 4) is 0 Å². The van der Waals surface area contributed by atoms with Crippen LogP contribution in [-0.4, -0.2) is 53.3 Å². The van der Waals surface area contributed by atoms with Crippen molar-refractivity contribution in [2.24, 2.45) is 0 Å². The molecule has 0 spiro atoms. The Morgan fingerprint density at radius 1 is 1.00 bits per heavy atom. The van der Waals surface area contributed by atoms with Crippen molar-refractivity contribution in [1.29, 1.82) is 0 Å². The number of hydrogen-bond acceptors (Lipinski definition) is 3. The first-order valence-corrected chi connectivity index (χ1v) is 10.4. The minimum atomic E-state index is -0.671. The summed E-state index contributed by atoms with van der Waals surface area (Å²) in [5.74, 6) is 0.0383. The van der Waals surface area contributed by atoms with Crippen molar-refractivity contribution >= 4 is 11.8 Å². The van der Waals surface area contributed by atoms with Gasteiger partial charge in [-0.25, -0.2) is 0 Å². The van der Waals surface area contributed by atoms with Crippen LogP contribution < -0.4 is 5.32 Å². The highest BCUT2D eigenvalue weighted by molar-refractivity contribution is 5.91. The average molecular weight is 372 g/mol. The van der Waals surface area contributed by atoms with Crippen molar-refractivity contribution in [3.05, 3.63) is 35.4 Å². The summed E-state index contributed by atoms with van der Waals surface area (Å²) in [7, 11) is 0. The smallest absolute Gasteiger partial charge is 0.248 e. The molecule has 1 aromatic rings. The molecular formula is C22H33N3O2. The van der Waals surface area contributed by atoms with Gasteiger partial charge in [-0.2, -0.15) is 0 Å². The molecule has 5 heteroatoms. The van der Waals surface area contributed by atoms with Crippen LogP contribution >= 0.6 is 0 Å². The highest BCUT2D eigenvalue weighted by atomic mass is 16.2. The summed E-state index contributed by atoms with van der Waals surface area (Å²) < 4.78 is 0. The molecule has 148 valence electrons. The van der Waals surface area contributed by atoms with Crippen molar-refractivity contribution < 1.29 is 9.59 Å². The third-order valence-electron chi connectivity index (χ3n) is 6.06. The standard InChI is InChI=1S/C22H33N3O2/c1-18-9-4-5-10-20(18)17-24-13-8-14-25(16-15-24)21(27)22(23-19(2)26)11-6-3-7-12-22/h4-5,9-10H,3,6-8,11-17H2,1-2H3,(H,23,26). The van der Waals surface area contributed by atoms with Gasteiger partial charge in [0.25, 0.3) is 0 Å². The van der Waals surface area contributed by atoms with E-state index in [1.54, 1.807) is 0 Å². The molecule has 1 aliphatic carbocycles. The van der Waals surface area contributed by atoms with Crippen LogP contribution in [0.1, 0.15) is 56.6 Å². The minimum Gasteiger partial charge on any atom is -0.342 e. The fraction of sp³-hybridized carbons (Fsp3) is 0.636. The fourth-order valence-corrected chi connectivity index (χ4v) is 4.55. The number of hydrogen-bond donors (Lipinski definition) is 1. The lowest BCUT2D eigenvalue weighted by Gasteiger charge is -2.40. The summed E-state index contributed by atoms with van der Waals surface area (Å²) in [4.78, 5) is 29.6. The zero-order valence-electron chi connectivity index (χ0n) is 16.8. The Bertz CT molecular complexity index is 667. The number of carbonyl (C=O) groups is 2. The molecule has 2 aliphatic rings. The normalized spacial score (nSPS) is 20.7. The van der Waals surface area contributed by atoms with E-state index < -0.39 is 5.54 Å². The third kappa shape index (κ3) is 4.89. The van der Waals surface area contributed by atoms with Gasteiger partial charge in [0.05, 0.1) is 0 Å². The molecule has 3 rings (SSSR count). The highest BCUT2D eigenvalue weighted by Crippen LogP contribution is 2.30. The molecular weight excluding hydrogens is 338 g/mol. The summed E-state index contributed by atoms with van der Waals surface area (Å²) in [6.07, 6.45) is 5.70. The molecule has 0 atom stereocenters. The summed E-state index contributed by atoms with van der Waals surface area (Å²) in [5, 5.41) is 3.03. The van der Waals surface area contributed by atoms with Gasteiger partial charge in [-0.05, 0) is 37.3 Å². The van der Waals surface area contributed by atoms with E-state index >= 15 is 0 Å². The van der Waals surface area contributed by atoms with E-state index in [-0.39, 0.29) is 11.8 Å². The Labute approximate surface area is 163 Å². The van der Waals surface area contributed by atoms with Gasteiger partial charge in [-0.1, -0.05) is 43.5 Å². The molecule has 0 radical (unpaired) electrons. The van der Waals surface area contributed by atoms with E-state index in [1.807, 2.05) is 4.90 Å². The van der Waals surface area contributed by atoms with Crippen LogP contribution in [0, 0.1) is 6.92 Å². The SMILES string of the molecule is CC(=O)NC1(C(=O)N2CCCN(Cc3ccccc3C)CC2)CCCCC1. The number of nitrogens with zero attached hydrogens (tertiary/aromatic N) is 2. The van der Waals surface area contributed by atoms with Crippen LogP contribution in [0.3, 0.4) is 0 Å². The Kier molecular flexibility index (Phi) is 6.53. The molecule has 1 saturated heterocycles. The van der Waals surface area contributed by atoms with Crippen molar-refractivity contribution in [3.63, 3.8) is 0 Å². The van der Waals surface area contributed by atoms with Crippen molar-refractivity contribution in [2.75, 3.05) is 26.2 Å². The molecule has 1 heterocycles. The number of carbonyl (C=O) groups excluding carboxylic acids is 2. The summed E-state index contributed by atoms with van der Waals surface area (Å²) in [6, 6.07) is 8.52. The number of rotatable bonds is 4. The van der Waals surface area contributed by atoms with Crippen molar-refractivity contribution in [1.82, 2.24) is 15.1 Å². The molecule has 0 aromatic heterocycles. The minimum absolute atomic E-state index is 0.0961. The zero-order valence-corrected chi connectivity index (χ0v) is 16.8. The zero-order chi connectivity index (χ0) is 19.3. The lowest BCUT2D eigenvalue weighted by Crippen LogP contribution is -2.60. The van der Waals surface area contributed by atoms with Crippen LogP contribution in [0.25, 0.3) is 0 Å². The fourth-order valence-electron chi connectivity index (χ4n) is 4.55. The lowest BCUT2D eigenvalue weighted by molar-refractivity contribution is -0.143. The van der Waals surface area contributed by atoms with E-state index in [4.69, 9.17) is 0 Å². The molecule has 1 saturated carbocycles. The first-order valence-electron chi connectivity index (χ1n) is 10.4. The predicted octanol–water partition coefficient (Wildman–Crippen LogP) is 2.87. The maximum Gasteiger partial charge on any atom is 0.248 e. The maximum atomic E-state index is 13.4. The monoisotopic (exact) mass is 371 g/mol. The second-order valence-corrected chi connectivity index (χ2v) is 8.17. The number of nitrogens with one attached hydrogen (secondary N) is 1. The van der Waals surface area contributed by atoms with Gasteiger partial charge in [0.2, 0.25) is 11.8 Å². The lowest BCUT2D eigenvalue weighted by atomic mass is 9.80. The largest absolute Gasteiger partial charge is 0.342 e. The highest BCUT2D eigenvalue weighted by Gasteiger charge is 2.42. The Hall–Kier alpha value is -1.88. The summed E-state index contributed by atoms with van der Waals surface area (Å²) in [6.45, 7) is 8.03.